The summed E-state index contributed by atoms with van der Waals surface area (Å²) in [6, 6.07) is 22.3. The zero-order valence-corrected chi connectivity index (χ0v) is 43.2. The number of amides is 2. The van der Waals surface area contributed by atoms with Crippen molar-refractivity contribution < 1.29 is 33.8 Å². The number of aryl methyl sites for hydroxylation is 1. The van der Waals surface area contributed by atoms with E-state index in [4.69, 9.17) is 19.7 Å². The van der Waals surface area contributed by atoms with Crippen molar-refractivity contribution in [1.29, 1.82) is 0 Å². The SMILES string of the molecule is Cc1ncsc1-c1ccc([C@H](C)NC(=O)[C@@H]2C[C@@H](O)CN2C(=O)[C@@H](c2cc(OCCN3CCN(CCOc4cc(N5C6CCC5CN(c5cc(-c7ccccc7O)nnc5N)C6)ccn4)CC3)no2)C(C)C)cc1. The van der Waals surface area contributed by atoms with Crippen LogP contribution < -0.4 is 30.3 Å². The highest BCUT2D eigenvalue weighted by Crippen LogP contribution is 2.40. The molecule has 0 saturated carbocycles. The number of likely N-dealkylation sites (tertiary alicyclic amines) is 1. The molecule has 4 saturated heterocycles. The first-order valence-corrected chi connectivity index (χ1v) is 26.6. The van der Waals surface area contributed by atoms with Crippen molar-refractivity contribution in [3.8, 4) is 39.2 Å². The fourth-order valence-corrected chi connectivity index (χ4v) is 11.8. The quantitative estimate of drug-likeness (QED) is 0.0803. The van der Waals surface area contributed by atoms with E-state index in [-0.39, 0.29) is 54.6 Å². The molecule has 4 fully saturated rings. The number of aromatic nitrogens is 5. The molecule has 2 unspecified atom stereocenters. The normalized spacial score (nSPS) is 21.0. The van der Waals surface area contributed by atoms with Crippen LogP contribution >= 0.6 is 11.3 Å². The van der Waals surface area contributed by atoms with Crippen LogP contribution in [-0.2, 0) is 9.59 Å². The average Bonchev–Trinajstić information content (AvgIpc) is 4.20. The molecule has 6 aromatic rings. The van der Waals surface area contributed by atoms with Gasteiger partial charge in [-0.2, -0.15) is 0 Å². The zero-order chi connectivity index (χ0) is 51.5. The summed E-state index contributed by atoms with van der Waals surface area (Å²) in [5.41, 5.74) is 14.3. The summed E-state index contributed by atoms with van der Waals surface area (Å²) in [6.07, 6.45) is 3.28. The average molecular weight is 1030 g/mol. The Morgan fingerprint density at radius 3 is 2.26 bits per heavy atom. The van der Waals surface area contributed by atoms with Gasteiger partial charge in [-0.05, 0) is 73.2 Å². The maximum atomic E-state index is 14.2. The molecule has 0 radical (unpaired) electrons. The summed E-state index contributed by atoms with van der Waals surface area (Å²) < 4.78 is 18.0. The highest BCUT2D eigenvalue weighted by atomic mass is 32.1. The van der Waals surface area contributed by atoms with Gasteiger partial charge in [-0.1, -0.05) is 50.2 Å². The number of thiazole rings is 1. The van der Waals surface area contributed by atoms with Crippen molar-refractivity contribution in [2.45, 2.75) is 83.1 Å². The van der Waals surface area contributed by atoms with Gasteiger partial charge >= 0.3 is 0 Å². The van der Waals surface area contributed by atoms with Gasteiger partial charge in [-0.3, -0.25) is 19.4 Å². The van der Waals surface area contributed by atoms with Crippen molar-refractivity contribution in [2.75, 3.05) is 87.7 Å². The second kappa shape index (κ2) is 22.3. The molecule has 19 nitrogen and oxygen atoms in total. The second-order valence-electron chi connectivity index (χ2n) is 20.3. The van der Waals surface area contributed by atoms with E-state index in [1.807, 2.05) is 81.9 Å². The Morgan fingerprint density at radius 2 is 1.58 bits per heavy atom. The van der Waals surface area contributed by atoms with E-state index in [2.05, 4.69) is 62.4 Å². The molecule has 2 bridgehead atoms. The van der Waals surface area contributed by atoms with Crippen LogP contribution in [0, 0.1) is 12.8 Å². The van der Waals surface area contributed by atoms with Gasteiger partial charge in [0.15, 0.2) is 11.6 Å². The van der Waals surface area contributed by atoms with Gasteiger partial charge in [-0.25, -0.2) is 9.97 Å². The number of aromatic hydroxyl groups is 1. The third-order valence-corrected chi connectivity index (χ3v) is 16.0. The Hall–Kier alpha value is -6.87. The molecule has 6 atom stereocenters. The molecule has 10 rings (SSSR count). The van der Waals surface area contributed by atoms with E-state index < -0.39 is 18.1 Å². The number of carbonyl (C=O) groups is 2. The number of aliphatic hydroxyl groups excluding tert-OH is 1. The molecule has 0 spiro atoms. The number of carbonyl (C=O) groups excluding carboxylic acids is 2. The van der Waals surface area contributed by atoms with Crippen molar-refractivity contribution in [3.05, 3.63) is 102 Å². The summed E-state index contributed by atoms with van der Waals surface area (Å²) in [4.78, 5) is 49.0. The lowest BCUT2D eigenvalue weighted by Crippen LogP contribution is -2.54. The van der Waals surface area contributed by atoms with Crippen LogP contribution in [0.5, 0.6) is 17.5 Å². The van der Waals surface area contributed by atoms with Crippen molar-refractivity contribution in [3.63, 3.8) is 0 Å². The van der Waals surface area contributed by atoms with Gasteiger partial charge in [0.05, 0.1) is 39.6 Å². The number of rotatable bonds is 18. The molecule has 5 N–H and O–H groups in total. The number of nitrogens with two attached hydrogens (primary N) is 1. The smallest absolute Gasteiger partial charge is 0.254 e. The Balaban J connectivity index is 0.655. The lowest BCUT2D eigenvalue weighted by Gasteiger charge is -2.43. The monoisotopic (exact) mass is 1030 g/mol. The van der Waals surface area contributed by atoms with E-state index in [0.29, 0.717) is 54.4 Å². The molecule has 390 valence electrons. The molecular formula is C54H66N12O7S. The van der Waals surface area contributed by atoms with E-state index in [1.165, 1.54) is 4.90 Å². The van der Waals surface area contributed by atoms with Crippen LogP contribution in [0.1, 0.15) is 69.0 Å². The Morgan fingerprint density at radius 1 is 0.878 bits per heavy atom. The Bertz CT molecular complexity index is 2880. The van der Waals surface area contributed by atoms with Crippen molar-refractivity contribution >= 4 is 40.3 Å². The molecule has 0 aliphatic carbocycles. The fraction of sp³-hybridized carbons (Fsp3) is 0.463. The first-order valence-electron chi connectivity index (χ1n) is 25.7. The Kier molecular flexibility index (Phi) is 15.3. The first-order chi connectivity index (χ1) is 35.9. The number of pyridine rings is 1. The maximum Gasteiger partial charge on any atom is 0.254 e. The highest BCUT2D eigenvalue weighted by molar-refractivity contribution is 7.13. The molecule has 2 aromatic carbocycles. The molecule has 4 aromatic heterocycles. The minimum absolute atomic E-state index is 0.0519. The number of piperazine rings is 2. The topological polar surface area (TPSA) is 225 Å². The third-order valence-electron chi connectivity index (χ3n) is 15.0. The van der Waals surface area contributed by atoms with Crippen LogP contribution in [0.3, 0.4) is 0 Å². The van der Waals surface area contributed by atoms with Gasteiger partial charge in [0.2, 0.25) is 17.7 Å². The third kappa shape index (κ3) is 11.1. The molecule has 20 heteroatoms. The largest absolute Gasteiger partial charge is 0.507 e. The van der Waals surface area contributed by atoms with Crippen LogP contribution in [0.15, 0.2) is 89.0 Å². The van der Waals surface area contributed by atoms with E-state index in [0.717, 1.165) is 91.7 Å². The number of anilines is 3. The predicted octanol–water partition coefficient (Wildman–Crippen LogP) is 5.76. The number of β-amino-alcohol motifs (C(OH)–C–C–N with tert-alkyl or cyclic N) is 1. The fourth-order valence-electron chi connectivity index (χ4n) is 11.0. The molecule has 8 heterocycles. The van der Waals surface area contributed by atoms with E-state index >= 15 is 0 Å². The number of ether oxygens (including phenoxy) is 2. The number of nitrogens with zero attached hydrogens (tertiary/aromatic N) is 10. The minimum Gasteiger partial charge on any atom is -0.507 e. The number of aliphatic hydroxyl groups is 1. The lowest BCUT2D eigenvalue weighted by atomic mass is 9.91. The predicted molar refractivity (Wildman–Crippen MR) is 282 cm³/mol. The summed E-state index contributed by atoms with van der Waals surface area (Å²) in [5.74, 6) is 0.300. The minimum atomic E-state index is -0.830. The van der Waals surface area contributed by atoms with Crippen LogP contribution in [0.4, 0.5) is 17.2 Å². The Labute approximate surface area is 435 Å². The lowest BCUT2D eigenvalue weighted by molar-refractivity contribution is -0.141. The van der Waals surface area contributed by atoms with Gasteiger partial charge in [0.25, 0.3) is 5.88 Å². The molecule has 4 aliphatic heterocycles. The van der Waals surface area contributed by atoms with Crippen LogP contribution in [0.2, 0.25) is 0 Å². The number of para-hydroxylation sites is 1. The van der Waals surface area contributed by atoms with Gasteiger partial charge in [0.1, 0.15) is 30.9 Å². The number of phenols is 1. The van der Waals surface area contributed by atoms with Crippen molar-refractivity contribution in [2.24, 2.45) is 5.92 Å². The van der Waals surface area contributed by atoms with Crippen LogP contribution in [-0.4, -0.2) is 158 Å². The van der Waals surface area contributed by atoms with Gasteiger partial charge in [-0.15, -0.1) is 21.5 Å². The second-order valence-corrected chi connectivity index (χ2v) is 21.1. The number of phenolic OH excluding ortho intramolecular Hbond substituents is 1. The molecule has 2 amide bonds. The standard InChI is InChI=1S/C54H66N12O7S/c1-33(2)50(54(70)65-31-41(67)26-45(65)53(69)58-34(3)36-9-11-37(12-10-36)51-35(4)57-32-74-51)47-28-49(61-73-47)72-24-22-63-19-17-62(18-20-63)21-23-71-48-25-38(15-16-56-48)66-39-13-14-40(66)30-64(29-39)44-27-43(59-60-52(44)55)42-7-5-6-8-46(42)68/h5-12,15-16,25,27-28,32-34,39-41,45,50,67-68H,13-14,17-24,26,29-31H2,1-4H3,(H2,55,60)(H,58,69)/t34-,39?,40?,41+,45-,50+/m0/s1. The maximum absolute atomic E-state index is 14.2. The van der Waals surface area contributed by atoms with Gasteiger partial charge < -0.3 is 50.0 Å². The number of hydrogen-bond acceptors (Lipinski definition) is 18. The number of nitrogens with one attached hydrogen (secondary N) is 1. The molecule has 74 heavy (non-hydrogen) atoms. The summed E-state index contributed by atoms with van der Waals surface area (Å²) in [6.45, 7) is 15.3. The number of hydrogen-bond donors (Lipinski definition) is 4. The molecule has 4 aliphatic rings. The summed E-state index contributed by atoms with van der Waals surface area (Å²) in [5, 5.41) is 37.0. The zero-order valence-electron chi connectivity index (χ0n) is 42.4. The highest BCUT2D eigenvalue weighted by Gasteiger charge is 2.44. The van der Waals surface area contributed by atoms with E-state index in [1.54, 1.807) is 29.5 Å². The van der Waals surface area contributed by atoms with Crippen LogP contribution in [0.25, 0.3) is 21.7 Å². The number of nitrogen functional groups attached to an aromatic ring is 1. The first kappa shape index (κ1) is 50.7. The van der Waals surface area contributed by atoms with Crippen molar-refractivity contribution in [1.82, 2.24) is 45.3 Å². The summed E-state index contributed by atoms with van der Waals surface area (Å²) in [7, 11) is 0. The van der Waals surface area contributed by atoms with E-state index in [9.17, 15) is 19.8 Å². The molecular weight excluding hydrogens is 961 g/mol. The number of benzene rings is 2. The number of fused-ring (bicyclic) bond motifs is 2. The summed E-state index contributed by atoms with van der Waals surface area (Å²) >= 11 is 1.59. The van der Waals surface area contributed by atoms with Gasteiger partial charge in [0, 0.05) is 107 Å².